The van der Waals surface area contributed by atoms with Crippen LogP contribution < -0.4 is 10.1 Å². The van der Waals surface area contributed by atoms with Crippen molar-refractivity contribution in [2.45, 2.75) is 6.92 Å². The Morgan fingerprint density at radius 2 is 2.24 bits per heavy atom. The zero-order chi connectivity index (χ0) is 15.4. The smallest absolute Gasteiger partial charge is 0.373 e. The minimum absolute atomic E-state index is 0.0636. The second-order valence-corrected chi connectivity index (χ2v) is 4.70. The molecule has 110 valence electrons. The van der Waals surface area contributed by atoms with Crippen molar-refractivity contribution in [2.24, 2.45) is 0 Å². The van der Waals surface area contributed by atoms with Crippen LogP contribution in [0.3, 0.4) is 0 Å². The highest BCUT2D eigenvalue weighted by atomic mass is 79.9. The molecular weight excluding hydrogens is 347 g/mol. The second kappa shape index (κ2) is 6.44. The summed E-state index contributed by atoms with van der Waals surface area (Å²) in [5.41, 5.74) is -0.375. The van der Waals surface area contributed by atoms with Gasteiger partial charge in [-0.25, -0.2) is 9.37 Å². The van der Waals surface area contributed by atoms with E-state index in [9.17, 15) is 14.5 Å². The van der Waals surface area contributed by atoms with Gasteiger partial charge in [0, 0.05) is 6.54 Å². The molecule has 0 radical (unpaired) electrons. The summed E-state index contributed by atoms with van der Waals surface area (Å²) < 4.78 is 18.7. The SMILES string of the molecule is CCNc1ncnc(Oc2ccc(F)c(Br)c2)c1[N+](=O)[O-]. The number of benzene rings is 1. The third-order valence-corrected chi connectivity index (χ3v) is 3.03. The molecule has 2 aromatic rings. The van der Waals surface area contributed by atoms with E-state index in [1.807, 2.05) is 0 Å². The first-order chi connectivity index (χ1) is 10.0. The summed E-state index contributed by atoms with van der Waals surface area (Å²) >= 11 is 3.01. The fourth-order valence-corrected chi connectivity index (χ4v) is 1.91. The van der Waals surface area contributed by atoms with Gasteiger partial charge in [0.05, 0.1) is 9.40 Å². The van der Waals surface area contributed by atoms with Crippen LogP contribution >= 0.6 is 15.9 Å². The summed E-state index contributed by atoms with van der Waals surface area (Å²) in [6.07, 6.45) is 1.15. The van der Waals surface area contributed by atoms with Crippen LogP contribution in [0.25, 0.3) is 0 Å². The highest BCUT2D eigenvalue weighted by Crippen LogP contribution is 2.34. The molecule has 9 heteroatoms. The van der Waals surface area contributed by atoms with Gasteiger partial charge in [-0.05, 0) is 41.1 Å². The number of rotatable bonds is 5. The Labute approximate surface area is 127 Å². The number of ether oxygens (including phenoxy) is 1. The van der Waals surface area contributed by atoms with Gasteiger partial charge in [0.1, 0.15) is 17.9 Å². The monoisotopic (exact) mass is 356 g/mol. The zero-order valence-corrected chi connectivity index (χ0v) is 12.4. The molecule has 0 aliphatic rings. The van der Waals surface area contributed by atoms with E-state index in [4.69, 9.17) is 4.74 Å². The number of nitrogens with one attached hydrogen (secondary N) is 1. The van der Waals surface area contributed by atoms with Gasteiger partial charge in [0.15, 0.2) is 0 Å². The van der Waals surface area contributed by atoms with E-state index in [1.165, 1.54) is 18.2 Å². The van der Waals surface area contributed by atoms with Gasteiger partial charge < -0.3 is 10.1 Å². The molecule has 1 aromatic heterocycles. The topological polar surface area (TPSA) is 90.2 Å². The van der Waals surface area contributed by atoms with Gasteiger partial charge >= 0.3 is 11.6 Å². The van der Waals surface area contributed by atoms with Gasteiger partial charge in [-0.3, -0.25) is 10.1 Å². The van der Waals surface area contributed by atoms with Crippen molar-refractivity contribution >= 4 is 27.4 Å². The molecular formula is C12H10BrFN4O3. The lowest BCUT2D eigenvalue weighted by Gasteiger charge is -2.08. The summed E-state index contributed by atoms with van der Waals surface area (Å²) in [5, 5.41) is 13.9. The number of nitrogens with zero attached hydrogens (tertiary/aromatic N) is 3. The number of anilines is 1. The molecule has 0 amide bonds. The first kappa shape index (κ1) is 15.1. The molecule has 2 rings (SSSR count). The number of aromatic nitrogens is 2. The normalized spacial score (nSPS) is 10.2. The standard InChI is InChI=1S/C12H10BrFN4O3/c1-2-15-11-10(18(19)20)12(17-6-16-11)21-7-3-4-9(14)8(13)5-7/h3-6H,2H2,1H3,(H,15,16,17). The average molecular weight is 357 g/mol. The maximum atomic E-state index is 13.2. The first-order valence-corrected chi connectivity index (χ1v) is 6.68. The van der Waals surface area contributed by atoms with E-state index < -0.39 is 10.7 Å². The fourth-order valence-electron chi connectivity index (χ4n) is 1.55. The van der Waals surface area contributed by atoms with Gasteiger partial charge in [-0.2, -0.15) is 4.98 Å². The third-order valence-electron chi connectivity index (χ3n) is 2.42. The van der Waals surface area contributed by atoms with Gasteiger partial charge in [0.25, 0.3) is 0 Å². The highest BCUT2D eigenvalue weighted by molar-refractivity contribution is 9.10. The lowest BCUT2D eigenvalue weighted by Crippen LogP contribution is -2.06. The van der Waals surface area contributed by atoms with E-state index >= 15 is 0 Å². The summed E-state index contributed by atoms with van der Waals surface area (Å²) in [4.78, 5) is 18.1. The molecule has 0 saturated carbocycles. The van der Waals surface area contributed by atoms with E-state index in [2.05, 4.69) is 31.2 Å². The van der Waals surface area contributed by atoms with Crippen molar-refractivity contribution in [2.75, 3.05) is 11.9 Å². The molecule has 0 atom stereocenters. The molecule has 1 heterocycles. The van der Waals surface area contributed by atoms with Crippen molar-refractivity contribution in [3.63, 3.8) is 0 Å². The predicted molar refractivity (Wildman–Crippen MR) is 77.0 cm³/mol. The molecule has 0 fully saturated rings. The van der Waals surface area contributed by atoms with Crippen LogP contribution in [-0.4, -0.2) is 21.4 Å². The van der Waals surface area contributed by atoms with Crippen LogP contribution in [0.4, 0.5) is 15.9 Å². The largest absolute Gasteiger partial charge is 0.434 e. The molecule has 1 aromatic carbocycles. The Bertz CT molecular complexity index is 684. The third kappa shape index (κ3) is 3.43. The maximum absolute atomic E-state index is 13.2. The molecule has 0 aliphatic carbocycles. The summed E-state index contributed by atoms with van der Waals surface area (Å²) in [6.45, 7) is 2.24. The Kier molecular flexibility index (Phi) is 4.63. The highest BCUT2D eigenvalue weighted by Gasteiger charge is 2.24. The number of hydrogen-bond donors (Lipinski definition) is 1. The van der Waals surface area contributed by atoms with Crippen molar-refractivity contribution in [1.29, 1.82) is 0 Å². The number of halogens is 2. The van der Waals surface area contributed by atoms with Crippen LogP contribution in [-0.2, 0) is 0 Å². The summed E-state index contributed by atoms with van der Waals surface area (Å²) in [5.74, 6) is -0.404. The van der Waals surface area contributed by atoms with Crippen LogP contribution in [0.5, 0.6) is 11.6 Å². The Morgan fingerprint density at radius 1 is 1.48 bits per heavy atom. The van der Waals surface area contributed by atoms with Crippen LogP contribution in [0.1, 0.15) is 6.92 Å². The maximum Gasteiger partial charge on any atom is 0.373 e. The van der Waals surface area contributed by atoms with Gasteiger partial charge in [0.2, 0.25) is 5.82 Å². The van der Waals surface area contributed by atoms with E-state index in [0.717, 1.165) is 6.33 Å². The van der Waals surface area contributed by atoms with Gasteiger partial charge in [-0.15, -0.1) is 0 Å². The first-order valence-electron chi connectivity index (χ1n) is 5.89. The predicted octanol–water partition coefficient (Wildman–Crippen LogP) is 3.51. The summed E-state index contributed by atoms with van der Waals surface area (Å²) in [6, 6.07) is 3.88. The minimum Gasteiger partial charge on any atom is -0.434 e. The average Bonchev–Trinajstić information content (AvgIpc) is 2.43. The second-order valence-electron chi connectivity index (χ2n) is 3.84. The van der Waals surface area contributed by atoms with E-state index in [-0.39, 0.29) is 27.6 Å². The number of hydrogen-bond acceptors (Lipinski definition) is 6. The molecule has 0 spiro atoms. The zero-order valence-electron chi connectivity index (χ0n) is 10.8. The lowest BCUT2D eigenvalue weighted by atomic mass is 10.3. The van der Waals surface area contributed by atoms with Crippen molar-refractivity contribution < 1.29 is 14.1 Å². The van der Waals surface area contributed by atoms with Gasteiger partial charge in [-0.1, -0.05) is 0 Å². The molecule has 21 heavy (non-hydrogen) atoms. The van der Waals surface area contributed by atoms with Crippen molar-refractivity contribution in [3.05, 3.63) is 44.9 Å². The lowest BCUT2D eigenvalue weighted by molar-refractivity contribution is -0.385. The molecule has 1 N–H and O–H groups in total. The van der Waals surface area contributed by atoms with Crippen LogP contribution in [0.15, 0.2) is 29.0 Å². The van der Waals surface area contributed by atoms with E-state index in [1.54, 1.807) is 6.92 Å². The van der Waals surface area contributed by atoms with Crippen LogP contribution in [0.2, 0.25) is 0 Å². The van der Waals surface area contributed by atoms with Crippen molar-refractivity contribution in [3.8, 4) is 11.6 Å². The fraction of sp³-hybridized carbons (Fsp3) is 0.167. The number of nitro groups is 1. The Morgan fingerprint density at radius 3 is 2.86 bits per heavy atom. The Hall–Kier alpha value is -2.29. The Balaban J connectivity index is 2.41. The van der Waals surface area contributed by atoms with E-state index in [0.29, 0.717) is 6.54 Å². The molecule has 0 aliphatic heterocycles. The molecule has 0 bridgehead atoms. The molecule has 0 unspecified atom stereocenters. The van der Waals surface area contributed by atoms with Crippen molar-refractivity contribution in [1.82, 2.24) is 9.97 Å². The quantitative estimate of drug-likeness (QED) is 0.651. The van der Waals surface area contributed by atoms with Crippen LogP contribution in [0, 0.1) is 15.9 Å². The molecule has 0 saturated heterocycles. The summed E-state index contributed by atoms with van der Waals surface area (Å²) in [7, 11) is 0. The minimum atomic E-state index is -0.633. The molecule has 7 nitrogen and oxygen atoms in total.